The van der Waals surface area contributed by atoms with Gasteiger partial charge in [-0.05, 0) is 167 Å². The van der Waals surface area contributed by atoms with Crippen molar-refractivity contribution in [3.63, 3.8) is 0 Å². The van der Waals surface area contributed by atoms with Crippen molar-refractivity contribution in [2.75, 3.05) is 32.8 Å². The van der Waals surface area contributed by atoms with Gasteiger partial charge in [-0.1, -0.05) is 41.5 Å². The minimum atomic E-state index is -0.119. The van der Waals surface area contributed by atoms with Gasteiger partial charge in [-0.2, -0.15) is 0 Å². The van der Waals surface area contributed by atoms with Crippen LogP contribution < -0.4 is 16.4 Å². The first-order valence-electron chi connectivity index (χ1n) is 17.9. The molecule has 4 aliphatic carbocycles. The first-order chi connectivity index (χ1) is 19.5. The first-order valence-corrected chi connectivity index (χ1v) is 17.9. The Morgan fingerprint density at radius 2 is 1.61 bits per heavy atom. The van der Waals surface area contributed by atoms with E-state index in [0.29, 0.717) is 59.0 Å². The van der Waals surface area contributed by atoms with Gasteiger partial charge in [-0.25, -0.2) is 0 Å². The zero-order chi connectivity index (χ0) is 29.8. The van der Waals surface area contributed by atoms with Crippen molar-refractivity contribution in [1.82, 2.24) is 10.6 Å². The summed E-state index contributed by atoms with van der Waals surface area (Å²) >= 11 is 0. The van der Waals surface area contributed by atoms with E-state index >= 15 is 0 Å². The van der Waals surface area contributed by atoms with E-state index < -0.39 is 0 Å². The summed E-state index contributed by atoms with van der Waals surface area (Å²) in [7, 11) is 0. The molecule has 6 unspecified atom stereocenters. The van der Waals surface area contributed by atoms with Crippen LogP contribution in [-0.2, 0) is 0 Å². The van der Waals surface area contributed by atoms with E-state index in [1.165, 1.54) is 64.2 Å². The molecule has 4 saturated carbocycles. The summed E-state index contributed by atoms with van der Waals surface area (Å²) in [4.78, 5) is 0. The van der Waals surface area contributed by atoms with E-state index in [1.54, 1.807) is 0 Å². The molecule has 41 heavy (non-hydrogen) atoms. The van der Waals surface area contributed by atoms with Crippen LogP contribution in [0.5, 0.6) is 0 Å². The van der Waals surface area contributed by atoms with Crippen molar-refractivity contribution in [3.8, 4) is 0 Å². The lowest BCUT2D eigenvalue weighted by molar-refractivity contribution is -0.167. The SMILES string of the molecule is CC(C)C(C)(CO)CC[C@@H](C)C1CCC2C3C(O)C[C@H]4C[C@@H](NCCCNCCCCN)CC[C@]4(C)C3CC[C@@]21C. The van der Waals surface area contributed by atoms with E-state index in [-0.39, 0.29) is 11.5 Å². The highest BCUT2D eigenvalue weighted by Gasteiger charge is 2.62. The Morgan fingerprint density at radius 1 is 0.902 bits per heavy atom. The van der Waals surface area contributed by atoms with Crippen molar-refractivity contribution in [3.05, 3.63) is 0 Å². The molecule has 4 aliphatic rings. The van der Waals surface area contributed by atoms with Gasteiger partial charge in [0.1, 0.15) is 0 Å². The molecule has 0 amide bonds. The van der Waals surface area contributed by atoms with Gasteiger partial charge in [0.05, 0.1) is 6.10 Å². The fourth-order valence-corrected chi connectivity index (χ4v) is 10.7. The second kappa shape index (κ2) is 14.3. The summed E-state index contributed by atoms with van der Waals surface area (Å²) in [5, 5.41) is 29.4. The molecule has 4 rings (SSSR count). The van der Waals surface area contributed by atoms with Crippen LogP contribution in [0.2, 0.25) is 0 Å². The smallest absolute Gasteiger partial charge is 0.0577 e. The maximum atomic E-state index is 11.8. The van der Waals surface area contributed by atoms with Gasteiger partial charge in [0.15, 0.2) is 0 Å². The molecule has 0 aromatic heterocycles. The summed E-state index contributed by atoms with van der Waals surface area (Å²) in [6, 6.07) is 0.620. The van der Waals surface area contributed by atoms with E-state index in [9.17, 15) is 10.2 Å². The predicted molar refractivity (Wildman–Crippen MR) is 173 cm³/mol. The number of aliphatic hydroxyl groups excluding tert-OH is 2. The van der Waals surface area contributed by atoms with Crippen molar-refractivity contribution < 1.29 is 10.2 Å². The summed E-state index contributed by atoms with van der Waals surface area (Å²) in [6.45, 7) is 18.9. The lowest BCUT2D eigenvalue weighted by Gasteiger charge is -2.62. The van der Waals surface area contributed by atoms with Gasteiger partial charge in [-0.3, -0.25) is 0 Å². The topological polar surface area (TPSA) is 90.5 Å². The minimum Gasteiger partial charge on any atom is -0.396 e. The van der Waals surface area contributed by atoms with Gasteiger partial charge < -0.3 is 26.6 Å². The molecule has 0 spiro atoms. The Bertz CT molecular complexity index is 808. The molecule has 5 heteroatoms. The summed E-state index contributed by atoms with van der Waals surface area (Å²) < 4.78 is 0. The van der Waals surface area contributed by atoms with Gasteiger partial charge in [-0.15, -0.1) is 0 Å². The largest absolute Gasteiger partial charge is 0.396 e. The highest BCUT2D eigenvalue weighted by molar-refractivity contribution is 5.12. The van der Waals surface area contributed by atoms with Crippen molar-refractivity contribution in [2.45, 2.75) is 137 Å². The predicted octanol–water partition coefficient (Wildman–Crippen LogP) is 6.36. The van der Waals surface area contributed by atoms with Crippen LogP contribution in [0.3, 0.4) is 0 Å². The summed E-state index contributed by atoms with van der Waals surface area (Å²) in [6.07, 6.45) is 15.9. The molecular formula is C36H69N3O2. The van der Waals surface area contributed by atoms with Crippen molar-refractivity contribution in [1.29, 1.82) is 0 Å². The van der Waals surface area contributed by atoms with Crippen LogP contribution in [0, 0.1) is 57.7 Å². The highest BCUT2D eigenvalue weighted by atomic mass is 16.3. The number of rotatable bonds is 15. The molecule has 240 valence electrons. The van der Waals surface area contributed by atoms with Gasteiger partial charge in [0, 0.05) is 12.6 Å². The van der Waals surface area contributed by atoms with E-state index in [0.717, 1.165) is 51.4 Å². The number of hydrogen-bond donors (Lipinski definition) is 5. The van der Waals surface area contributed by atoms with Crippen LogP contribution in [0.25, 0.3) is 0 Å². The molecular weight excluding hydrogens is 506 g/mol. The molecule has 0 aromatic rings. The standard InChI is InChI=1S/C36H69N3O2/c1-25(2)34(4,24-40)15-12-26(3)29-10-11-30-33-31(14-17-36(29,30)6)35(5)16-13-28(22-27(35)23-32(33)41)39-21-9-20-38-19-8-7-18-37/h25-33,38-41H,7-24,37H2,1-6H3/t26-,27-,28+,29?,30?,31?,32?,33?,34?,35+,36-/m1/s1. The fourth-order valence-electron chi connectivity index (χ4n) is 10.7. The highest BCUT2D eigenvalue weighted by Crippen LogP contribution is 2.68. The maximum absolute atomic E-state index is 11.8. The molecule has 0 aliphatic heterocycles. The maximum Gasteiger partial charge on any atom is 0.0577 e. The normalized spacial score (nSPS) is 41.0. The molecule has 0 saturated heterocycles. The Balaban J connectivity index is 1.32. The Morgan fingerprint density at radius 3 is 2.32 bits per heavy atom. The van der Waals surface area contributed by atoms with Crippen LogP contribution >= 0.6 is 0 Å². The van der Waals surface area contributed by atoms with Crippen LogP contribution in [0.1, 0.15) is 125 Å². The van der Waals surface area contributed by atoms with Crippen molar-refractivity contribution >= 4 is 0 Å². The number of aliphatic hydroxyl groups is 2. The minimum absolute atomic E-state index is 0.0308. The average Bonchev–Trinajstić information content (AvgIpc) is 3.30. The number of nitrogens with two attached hydrogens (primary N) is 1. The van der Waals surface area contributed by atoms with Crippen molar-refractivity contribution in [2.24, 2.45) is 63.4 Å². The van der Waals surface area contributed by atoms with Gasteiger partial charge in [0.2, 0.25) is 0 Å². The molecule has 4 fully saturated rings. The monoisotopic (exact) mass is 576 g/mol. The quantitative estimate of drug-likeness (QED) is 0.147. The molecule has 0 heterocycles. The number of nitrogens with one attached hydrogen (secondary N) is 2. The number of unbranched alkanes of at least 4 members (excludes halogenated alkanes) is 1. The van der Waals surface area contributed by atoms with E-state index in [1.807, 2.05) is 0 Å². The van der Waals surface area contributed by atoms with E-state index in [4.69, 9.17) is 5.73 Å². The first kappa shape index (κ1) is 33.7. The number of fused-ring (bicyclic) bond motifs is 5. The second-order valence-electron chi connectivity index (χ2n) is 16.5. The Kier molecular flexibility index (Phi) is 11.7. The van der Waals surface area contributed by atoms with Gasteiger partial charge in [0.25, 0.3) is 0 Å². The third-order valence-corrected chi connectivity index (χ3v) is 14.1. The fraction of sp³-hybridized carbons (Fsp3) is 1.00. The van der Waals surface area contributed by atoms with Crippen LogP contribution in [0.4, 0.5) is 0 Å². The van der Waals surface area contributed by atoms with Crippen LogP contribution in [0.15, 0.2) is 0 Å². The molecule has 0 bridgehead atoms. The summed E-state index contributed by atoms with van der Waals surface area (Å²) in [5.41, 5.74) is 6.39. The zero-order valence-corrected chi connectivity index (χ0v) is 27.9. The molecule has 0 aromatic carbocycles. The molecule has 11 atom stereocenters. The van der Waals surface area contributed by atoms with Crippen LogP contribution in [-0.4, -0.2) is 55.1 Å². The lowest BCUT2D eigenvalue weighted by atomic mass is 9.43. The average molecular weight is 576 g/mol. The number of hydrogen-bond acceptors (Lipinski definition) is 5. The third kappa shape index (κ3) is 7.05. The lowest BCUT2D eigenvalue weighted by Crippen LogP contribution is -2.59. The molecule has 5 nitrogen and oxygen atoms in total. The Hall–Kier alpha value is -0.200. The summed E-state index contributed by atoms with van der Waals surface area (Å²) in [5.74, 6) is 4.50. The van der Waals surface area contributed by atoms with E-state index in [2.05, 4.69) is 52.2 Å². The van der Waals surface area contributed by atoms with Gasteiger partial charge >= 0.3 is 0 Å². The zero-order valence-electron chi connectivity index (χ0n) is 27.9. The third-order valence-electron chi connectivity index (χ3n) is 14.1. The molecule has 6 N–H and O–H groups in total. The second-order valence-corrected chi connectivity index (χ2v) is 16.5. The molecule has 0 radical (unpaired) electrons. The Labute approximate surface area is 254 Å².